The molecule has 0 aromatic carbocycles. The number of carbonyl (C=O) groups excluding carboxylic acids is 1. The van der Waals surface area contributed by atoms with Gasteiger partial charge in [-0.25, -0.2) is 0 Å². The van der Waals surface area contributed by atoms with Gasteiger partial charge in [-0.2, -0.15) is 0 Å². The third-order valence-corrected chi connectivity index (χ3v) is 4.15. The Morgan fingerprint density at radius 1 is 1.32 bits per heavy atom. The van der Waals surface area contributed by atoms with Gasteiger partial charge >= 0.3 is 0 Å². The second kappa shape index (κ2) is 9.32. The zero-order chi connectivity index (χ0) is 14.1. The van der Waals surface area contributed by atoms with E-state index < -0.39 is 0 Å². The number of hydrogen-bond donors (Lipinski definition) is 2. The predicted molar refractivity (Wildman–Crippen MR) is 78.1 cm³/mol. The van der Waals surface area contributed by atoms with E-state index in [1.54, 1.807) is 7.11 Å². The molecule has 2 N–H and O–H groups in total. The summed E-state index contributed by atoms with van der Waals surface area (Å²) >= 11 is 0. The SMILES string of the molecule is CCC1CCCC(NC(C)C(=O)NCCOC)CC1. The lowest BCUT2D eigenvalue weighted by molar-refractivity contribution is -0.123. The van der Waals surface area contributed by atoms with Gasteiger partial charge in [0.25, 0.3) is 0 Å². The molecule has 1 fully saturated rings. The Morgan fingerprint density at radius 2 is 2.11 bits per heavy atom. The number of ether oxygens (including phenoxy) is 1. The van der Waals surface area contributed by atoms with E-state index in [9.17, 15) is 4.79 Å². The van der Waals surface area contributed by atoms with Crippen LogP contribution in [0.25, 0.3) is 0 Å². The maximum Gasteiger partial charge on any atom is 0.236 e. The Labute approximate surface area is 117 Å². The first-order chi connectivity index (χ1) is 9.17. The topological polar surface area (TPSA) is 50.4 Å². The summed E-state index contributed by atoms with van der Waals surface area (Å²) in [5.41, 5.74) is 0. The molecule has 4 nitrogen and oxygen atoms in total. The van der Waals surface area contributed by atoms with Crippen molar-refractivity contribution < 1.29 is 9.53 Å². The highest BCUT2D eigenvalue weighted by molar-refractivity contribution is 5.81. The molecule has 19 heavy (non-hydrogen) atoms. The molecule has 0 bridgehead atoms. The summed E-state index contributed by atoms with van der Waals surface area (Å²) in [5, 5.41) is 6.36. The van der Waals surface area contributed by atoms with Crippen LogP contribution in [0.2, 0.25) is 0 Å². The Morgan fingerprint density at radius 3 is 2.79 bits per heavy atom. The second-order valence-electron chi connectivity index (χ2n) is 5.65. The van der Waals surface area contributed by atoms with E-state index in [1.165, 1.54) is 38.5 Å². The van der Waals surface area contributed by atoms with E-state index in [-0.39, 0.29) is 11.9 Å². The Balaban J connectivity index is 2.27. The molecule has 4 heteroatoms. The first kappa shape index (κ1) is 16.4. The third-order valence-electron chi connectivity index (χ3n) is 4.15. The molecule has 0 saturated heterocycles. The van der Waals surface area contributed by atoms with Gasteiger partial charge in [0.2, 0.25) is 5.91 Å². The van der Waals surface area contributed by atoms with Crippen LogP contribution in [0, 0.1) is 5.92 Å². The van der Waals surface area contributed by atoms with Crippen LogP contribution in [-0.4, -0.2) is 38.3 Å². The van der Waals surface area contributed by atoms with Crippen molar-refractivity contribution in [1.29, 1.82) is 0 Å². The minimum absolute atomic E-state index is 0.0772. The summed E-state index contributed by atoms with van der Waals surface area (Å²) in [4.78, 5) is 11.9. The van der Waals surface area contributed by atoms with Crippen LogP contribution >= 0.6 is 0 Å². The summed E-state index contributed by atoms with van der Waals surface area (Å²) < 4.78 is 4.93. The van der Waals surface area contributed by atoms with Gasteiger partial charge in [0.15, 0.2) is 0 Å². The maximum atomic E-state index is 11.9. The van der Waals surface area contributed by atoms with Gasteiger partial charge in [-0.3, -0.25) is 4.79 Å². The molecule has 1 aliphatic rings. The normalized spacial score (nSPS) is 25.6. The number of methoxy groups -OCH3 is 1. The van der Waals surface area contributed by atoms with Crippen LogP contribution in [-0.2, 0) is 9.53 Å². The molecule has 0 heterocycles. The minimum Gasteiger partial charge on any atom is -0.383 e. The van der Waals surface area contributed by atoms with Gasteiger partial charge in [0.05, 0.1) is 12.6 Å². The average molecular weight is 270 g/mol. The fraction of sp³-hybridized carbons (Fsp3) is 0.933. The highest BCUT2D eigenvalue weighted by atomic mass is 16.5. The van der Waals surface area contributed by atoms with E-state index in [0.717, 1.165) is 5.92 Å². The van der Waals surface area contributed by atoms with E-state index >= 15 is 0 Å². The number of carbonyl (C=O) groups is 1. The molecular weight excluding hydrogens is 240 g/mol. The van der Waals surface area contributed by atoms with Crippen molar-refractivity contribution >= 4 is 5.91 Å². The van der Waals surface area contributed by atoms with Crippen molar-refractivity contribution in [2.75, 3.05) is 20.3 Å². The minimum atomic E-state index is -0.111. The zero-order valence-electron chi connectivity index (χ0n) is 12.7. The zero-order valence-corrected chi connectivity index (χ0v) is 12.7. The molecule has 1 rings (SSSR count). The average Bonchev–Trinajstić information content (AvgIpc) is 2.64. The predicted octanol–water partition coefficient (Wildman–Crippen LogP) is 2.09. The highest BCUT2D eigenvalue weighted by Crippen LogP contribution is 2.25. The van der Waals surface area contributed by atoms with Gasteiger partial charge in [-0.05, 0) is 32.1 Å². The van der Waals surface area contributed by atoms with Crippen molar-refractivity contribution in [2.45, 2.75) is 64.5 Å². The van der Waals surface area contributed by atoms with Crippen molar-refractivity contribution in [3.63, 3.8) is 0 Å². The van der Waals surface area contributed by atoms with Crippen LogP contribution in [0.15, 0.2) is 0 Å². The second-order valence-corrected chi connectivity index (χ2v) is 5.65. The smallest absolute Gasteiger partial charge is 0.236 e. The molecule has 1 aliphatic carbocycles. The molecule has 1 saturated carbocycles. The summed E-state index contributed by atoms with van der Waals surface area (Å²) in [6.07, 6.45) is 7.63. The largest absolute Gasteiger partial charge is 0.383 e. The number of amides is 1. The standard InChI is InChI=1S/C15H30N2O2/c1-4-13-6-5-7-14(9-8-13)17-12(2)15(18)16-10-11-19-3/h12-14,17H,4-11H2,1-3H3,(H,16,18). The molecule has 3 unspecified atom stereocenters. The summed E-state index contributed by atoms with van der Waals surface area (Å²) in [6, 6.07) is 0.389. The summed E-state index contributed by atoms with van der Waals surface area (Å²) in [6.45, 7) is 5.39. The third kappa shape index (κ3) is 6.39. The van der Waals surface area contributed by atoms with Gasteiger partial charge in [-0.1, -0.05) is 26.2 Å². The molecule has 1 amide bonds. The van der Waals surface area contributed by atoms with Crippen LogP contribution < -0.4 is 10.6 Å². The van der Waals surface area contributed by atoms with Crippen LogP contribution in [0.4, 0.5) is 0 Å². The molecular formula is C15H30N2O2. The maximum absolute atomic E-state index is 11.9. The van der Waals surface area contributed by atoms with Crippen LogP contribution in [0.3, 0.4) is 0 Å². The van der Waals surface area contributed by atoms with E-state index in [4.69, 9.17) is 4.74 Å². The Kier molecular flexibility index (Phi) is 8.07. The van der Waals surface area contributed by atoms with Crippen LogP contribution in [0.5, 0.6) is 0 Å². The van der Waals surface area contributed by atoms with Crippen LogP contribution in [0.1, 0.15) is 52.4 Å². The Hall–Kier alpha value is -0.610. The van der Waals surface area contributed by atoms with Crippen molar-refractivity contribution in [1.82, 2.24) is 10.6 Å². The monoisotopic (exact) mass is 270 g/mol. The quantitative estimate of drug-likeness (QED) is 0.550. The molecule has 0 aromatic rings. The Bertz CT molecular complexity index is 259. The van der Waals surface area contributed by atoms with E-state index in [1.807, 2.05) is 6.92 Å². The summed E-state index contributed by atoms with van der Waals surface area (Å²) in [5.74, 6) is 0.964. The van der Waals surface area contributed by atoms with Gasteiger partial charge < -0.3 is 15.4 Å². The molecule has 3 atom stereocenters. The first-order valence-electron chi connectivity index (χ1n) is 7.70. The number of nitrogens with one attached hydrogen (secondary N) is 2. The van der Waals surface area contributed by atoms with E-state index in [0.29, 0.717) is 19.2 Å². The summed E-state index contributed by atoms with van der Waals surface area (Å²) in [7, 11) is 1.64. The van der Waals surface area contributed by atoms with Crippen molar-refractivity contribution in [3.05, 3.63) is 0 Å². The van der Waals surface area contributed by atoms with Gasteiger partial charge in [0.1, 0.15) is 0 Å². The van der Waals surface area contributed by atoms with Gasteiger partial charge in [0, 0.05) is 19.7 Å². The lowest BCUT2D eigenvalue weighted by Gasteiger charge is -2.21. The lowest BCUT2D eigenvalue weighted by Crippen LogP contribution is -2.47. The lowest BCUT2D eigenvalue weighted by atomic mass is 9.98. The number of hydrogen-bond acceptors (Lipinski definition) is 3. The first-order valence-corrected chi connectivity index (χ1v) is 7.70. The fourth-order valence-corrected chi connectivity index (χ4v) is 2.81. The molecule has 0 aliphatic heterocycles. The molecule has 0 radical (unpaired) electrons. The van der Waals surface area contributed by atoms with Gasteiger partial charge in [-0.15, -0.1) is 0 Å². The molecule has 112 valence electrons. The van der Waals surface area contributed by atoms with Crippen molar-refractivity contribution in [2.24, 2.45) is 5.92 Å². The van der Waals surface area contributed by atoms with E-state index in [2.05, 4.69) is 17.6 Å². The highest BCUT2D eigenvalue weighted by Gasteiger charge is 2.21. The molecule has 0 aromatic heterocycles. The molecule has 0 spiro atoms. The fourth-order valence-electron chi connectivity index (χ4n) is 2.81. The van der Waals surface area contributed by atoms with Crippen molar-refractivity contribution in [3.8, 4) is 0 Å². The number of rotatable bonds is 7.